The first kappa shape index (κ1) is 15.4. The van der Waals surface area contributed by atoms with E-state index in [0.717, 1.165) is 6.54 Å². The van der Waals surface area contributed by atoms with Crippen LogP contribution in [-0.2, 0) is 0 Å². The first-order chi connectivity index (χ1) is 7.00. The zero-order chi connectivity index (χ0) is 11.4. The quantitative estimate of drug-likeness (QED) is 0.642. The SMILES string of the molecule is CC(C[NH+](C)C)C(=O)c1cccc(Cl)c1.[Cl-]. The Hall–Kier alpha value is -0.570. The number of benzene rings is 1. The van der Waals surface area contributed by atoms with Crippen LogP contribution in [-0.4, -0.2) is 26.4 Å². The van der Waals surface area contributed by atoms with E-state index in [4.69, 9.17) is 11.6 Å². The molecule has 0 aliphatic rings. The average Bonchev–Trinajstić information content (AvgIpc) is 2.15. The van der Waals surface area contributed by atoms with Crippen molar-refractivity contribution >= 4 is 17.4 Å². The van der Waals surface area contributed by atoms with Crippen LogP contribution in [0.4, 0.5) is 0 Å². The number of ketones is 1. The summed E-state index contributed by atoms with van der Waals surface area (Å²) < 4.78 is 0. The predicted molar refractivity (Wildman–Crippen MR) is 62.6 cm³/mol. The molecule has 4 heteroatoms. The Morgan fingerprint density at radius 1 is 1.44 bits per heavy atom. The van der Waals surface area contributed by atoms with Gasteiger partial charge in [-0.05, 0) is 19.1 Å². The zero-order valence-electron chi connectivity index (χ0n) is 9.76. The summed E-state index contributed by atoms with van der Waals surface area (Å²) in [5, 5.41) is 0.616. The molecule has 0 spiro atoms. The molecule has 0 fully saturated rings. The molecule has 1 N–H and O–H groups in total. The lowest BCUT2D eigenvalue weighted by Gasteiger charge is -2.13. The number of hydrogen-bond acceptors (Lipinski definition) is 1. The maximum absolute atomic E-state index is 12.0. The van der Waals surface area contributed by atoms with Crippen molar-refractivity contribution in [3.05, 3.63) is 34.9 Å². The first-order valence-corrected chi connectivity index (χ1v) is 5.47. The third kappa shape index (κ3) is 4.52. The molecule has 0 heterocycles. The van der Waals surface area contributed by atoms with Crippen LogP contribution in [0.2, 0.25) is 5.02 Å². The Bertz CT molecular complexity index is 353. The minimum atomic E-state index is 0. The van der Waals surface area contributed by atoms with Crippen molar-refractivity contribution in [1.82, 2.24) is 0 Å². The second-order valence-electron chi connectivity index (χ2n) is 4.19. The molecule has 0 aliphatic heterocycles. The first-order valence-electron chi connectivity index (χ1n) is 5.09. The number of hydrogen-bond donors (Lipinski definition) is 1. The van der Waals surface area contributed by atoms with E-state index in [1.807, 2.05) is 33.2 Å². The van der Waals surface area contributed by atoms with Gasteiger partial charge in [0, 0.05) is 10.6 Å². The van der Waals surface area contributed by atoms with Crippen LogP contribution >= 0.6 is 11.6 Å². The largest absolute Gasteiger partial charge is 1.00 e. The van der Waals surface area contributed by atoms with E-state index in [9.17, 15) is 4.79 Å². The molecule has 1 aromatic carbocycles. The van der Waals surface area contributed by atoms with Crippen LogP contribution in [0.25, 0.3) is 0 Å². The van der Waals surface area contributed by atoms with E-state index >= 15 is 0 Å². The summed E-state index contributed by atoms with van der Waals surface area (Å²) in [5.74, 6) is 0.201. The van der Waals surface area contributed by atoms with Crippen molar-refractivity contribution in [2.24, 2.45) is 5.92 Å². The number of carbonyl (C=O) groups excluding carboxylic acids is 1. The van der Waals surface area contributed by atoms with Gasteiger partial charge in [0.15, 0.2) is 5.78 Å². The van der Waals surface area contributed by atoms with Crippen LogP contribution in [0.5, 0.6) is 0 Å². The molecule has 0 bridgehead atoms. The molecular weight excluding hydrogens is 245 g/mol. The molecule has 0 saturated heterocycles. The average molecular weight is 262 g/mol. The van der Waals surface area contributed by atoms with E-state index in [1.165, 1.54) is 4.90 Å². The van der Waals surface area contributed by atoms with Crippen molar-refractivity contribution in [2.45, 2.75) is 6.92 Å². The van der Waals surface area contributed by atoms with E-state index < -0.39 is 0 Å². The second kappa shape index (κ2) is 6.89. The Morgan fingerprint density at radius 2 is 2.06 bits per heavy atom. The molecular formula is C12H17Cl2NO. The van der Waals surface area contributed by atoms with Gasteiger partial charge in [-0.25, -0.2) is 0 Å². The number of carbonyl (C=O) groups is 1. The number of rotatable bonds is 4. The Morgan fingerprint density at radius 3 is 2.56 bits per heavy atom. The van der Waals surface area contributed by atoms with Crippen molar-refractivity contribution in [1.29, 1.82) is 0 Å². The monoisotopic (exact) mass is 261 g/mol. The summed E-state index contributed by atoms with van der Waals surface area (Å²) in [6.45, 7) is 2.79. The molecule has 2 nitrogen and oxygen atoms in total. The van der Waals surface area contributed by atoms with E-state index in [0.29, 0.717) is 10.6 Å². The molecule has 90 valence electrons. The van der Waals surface area contributed by atoms with Crippen LogP contribution in [0, 0.1) is 5.92 Å². The lowest BCUT2D eigenvalue weighted by Crippen LogP contribution is -3.06. The fraction of sp³-hybridized carbons (Fsp3) is 0.417. The number of nitrogens with one attached hydrogen (secondary N) is 1. The molecule has 0 amide bonds. The molecule has 1 atom stereocenters. The standard InChI is InChI=1S/C12H16ClNO.ClH/c1-9(8-14(2)3)12(15)10-5-4-6-11(13)7-10;/h4-7,9H,8H2,1-3H3;1H. The molecule has 16 heavy (non-hydrogen) atoms. The molecule has 0 aliphatic carbocycles. The van der Waals surface area contributed by atoms with E-state index in [-0.39, 0.29) is 24.1 Å². The lowest BCUT2D eigenvalue weighted by molar-refractivity contribution is -0.860. The highest BCUT2D eigenvalue weighted by molar-refractivity contribution is 6.31. The third-order valence-corrected chi connectivity index (χ3v) is 2.51. The smallest absolute Gasteiger partial charge is 0.171 e. The second-order valence-corrected chi connectivity index (χ2v) is 4.62. The van der Waals surface area contributed by atoms with Gasteiger partial charge in [-0.3, -0.25) is 4.79 Å². The Labute approximate surface area is 108 Å². The van der Waals surface area contributed by atoms with E-state index in [1.54, 1.807) is 12.1 Å². The molecule has 1 unspecified atom stereocenters. The molecule has 0 radical (unpaired) electrons. The van der Waals surface area contributed by atoms with E-state index in [2.05, 4.69) is 0 Å². The van der Waals surface area contributed by atoms with Crippen molar-refractivity contribution in [2.75, 3.05) is 20.6 Å². The summed E-state index contributed by atoms with van der Waals surface area (Å²) in [5.41, 5.74) is 0.705. The van der Waals surface area contributed by atoms with Gasteiger partial charge in [0.1, 0.15) is 0 Å². The van der Waals surface area contributed by atoms with Crippen LogP contribution in [0.3, 0.4) is 0 Å². The maximum Gasteiger partial charge on any atom is 0.171 e. The number of halogens is 2. The Kier molecular flexibility index (Phi) is 6.65. The number of Topliss-reactive ketones (excluding diaryl/α,β-unsaturated/α-hetero) is 1. The van der Waals surface area contributed by atoms with Gasteiger partial charge in [0.25, 0.3) is 0 Å². The minimum absolute atomic E-state index is 0. The van der Waals surface area contributed by atoms with Crippen LogP contribution in [0.15, 0.2) is 24.3 Å². The van der Waals surface area contributed by atoms with Gasteiger partial charge in [-0.2, -0.15) is 0 Å². The van der Waals surface area contributed by atoms with Gasteiger partial charge < -0.3 is 17.3 Å². The molecule has 1 rings (SSSR count). The number of quaternary nitrogens is 1. The lowest BCUT2D eigenvalue weighted by atomic mass is 9.99. The van der Waals surface area contributed by atoms with Crippen LogP contribution in [0.1, 0.15) is 17.3 Å². The molecule has 0 aromatic heterocycles. The fourth-order valence-electron chi connectivity index (χ4n) is 1.63. The van der Waals surface area contributed by atoms with Crippen LogP contribution < -0.4 is 17.3 Å². The highest BCUT2D eigenvalue weighted by Crippen LogP contribution is 2.13. The van der Waals surface area contributed by atoms with Gasteiger partial charge in [-0.1, -0.05) is 23.7 Å². The predicted octanol–water partition coefficient (Wildman–Crippen LogP) is -1.69. The van der Waals surface area contributed by atoms with Crippen molar-refractivity contribution in [3.8, 4) is 0 Å². The third-order valence-electron chi connectivity index (χ3n) is 2.27. The van der Waals surface area contributed by atoms with Gasteiger partial charge >= 0.3 is 0 Å². The summed E-state index contributed by atoms with van der Waals surface area (Å²) in [6, 6.07) is 7.13. The zero-order valence-corrected chi connectivity index (χ0v) is 11.3. The van der Waals surface area contributed by atoms with Crippen molar-refractivity contribution in [3.63, 3.8) is 0 Å². The normalized spacial score (nSPS) is 12.1. The topological polar surface area (TPSA) is 21.5 Å². The van der Waals surface area contributed by atoms with Gasteiger partial charge in [0.05, 0.1) is 26.6 Å². The fourth-order valence-corrected chi connectivity index (χ4v) is 1.82. The summed E-state index contributed by atoms with van der Waals surface area (Å²) in [6.07, 6.45) is 0. The highest BCUT2D eigenvalue weighted by Gasteiger charge is 2.17. The minimum Gasteiger partial charge on any atom is -1.00 e. The Balaban J connectivity index is 0.00000225. The molecule has 0 saturated carbocycles. The molecule has 1 aromatic rings. The van der Waals surface area contributed by atoms with Crippen molar-refractivity contribution < 1.29 is 22.1 Å². The van der Waals surface area contributed by atoms with Gasteiger partial charge in [0.2, 0.25) is 0 Å². The maximum atomic E-state index is 12.0. The summed E-state index contributed by atoms with van der Waals surface area (Å²) in [7, 11) is 4.09. The van der Waals surface area contributed by atoms with Gasteiger partial charge in [-0.15, -0.1) is 0 Å². The summed E-state index contributed by atoms with van der Waals surface area (Å²) >= 11 is 5.84. The highest BCUT2D eigenvalue weighted by atomic mass is 35.5. The summed E-state index contributed by atoms with van der Waals surface area (Å²) in [4.78, 5) is 13.2.